The van der Waals surface area contributed by atoms with E-state index < -0.39 is 54.5 Å². The van der Waals surface area contributed by atoms with Gasteiger partial charge in [-0.1, -0.05) is 0 Å². The average molecular weight is 328 g/mol. The second kappa shape index (κ2) is 6.88. The van der Waals surface area contributed by atoms with Gasteiger partial charge in [0.05, 0.1) is 18.7 Å². The summed E-state index contributed by atoms with van der Waals surface area (Å²) in [5.74, 6) is -2.10. The van der Waals surface area contributed by atoms with Crippen LogP contribution in [0.25, 0.3) is 6.08 Å². The van der Waals surface area contributed by atoms with Crippen molar-refractivity contribution < 1.29 is 24.1 Å². The number of aromatic amines is 1. The normalized spacial score (nSPS) is 27.0. The zero-order valence-electron chi connectivity index (χ0n) is 12.3. The molecule has 0 amide bonds. The van der Waals surface area contributed by atoms with Crippen LogP contribution in [0.1, 0.15) is 11.6 Å². The molecule has 0 radical (unpaired) electrons. The molecule has 1 saturated carbocycles. The van der Waals surface area contributed by atoms with Gasteiger partial charge < -0.3 is 14.9 Å². The number of hydrogen-bond donors (Lipinski definition) is 3. The van der Waals surface area contributed by atoms with Gasteiger partial charge in [0.15, 0.2) is 0 Å². The topological polar surface area (TPSA) is 122 Å². The summed E-state index contributed by atoms with van der Waals surface area (Å²) in [6, 6.07) is -0.994. The van der Waals surface area contributed by atoms with E-state index in [-0.39, 0.29) is 5.56 Å². The van der Waals surface area contributed by atoms with Crippen LogP contribution in [0.5, 0.6) is 0 Å². The Morgan fingerprint density at radius 1 is 1.39 bits per heavy atom. The second-order valence-corrected chi connectivity index (χ2v) is 5.24. The third kappa shape index (κ3) is 3.10. The number of alkyl halides is 1. The van der Waals surface area contributed by atoms with Gasteiger partial charge in [0.2, 0.25) is 0 Å². The number of nitrogens with one attached hydrogen (secondary N) is 1. The Labute approximate surface area is 129 Å². The van der Waals surface area contributed by atoms with Gasteiger partial charge in [-0.15, -0.1) is 0 Å². The van der Waals surface area contributed by atoms with Crippen LogP contribution in [0.2, 0.25) is 0 Å². The van der Waals surface area contributed by atoms with Crippen LogP contribution in [-0.2, 0) is 9.53 Å². The Hall–Kier alpha value is -2.26. The summed E-state index contributed by atoms with van der Waals surface area (Å²) in [6.45, 7) is -0.856. The van der Waals surface area contributed by atoms with E-state index in [4.69, 9.17) is 5.11 Å². The molecule has 1 aromatic rings. The minimum absolute atomic E-state index is 0.0358. The van der Waals surface area contributed by atoms with Gasteiger partial charge in [-0.25, -0.2) is 14.0 Å². The number of aromatic nitrogens is 2. The van der Waals surface area contributed by atoms with Crippen molar-refractivity contribution in [3.8, 4) is 0 Å². The standard InChI is InChI=1S/C14H17FN2O6/c1-23-10(20)3-2-7-4-17(14(22)16-13(7)21)12-9(6-19)8(5-18)11(12)15/h2-4,8-9,11-12,18-19H,5-6H2,1H3,(H,16,21,22)/b3-2+/t8-,9-,11+,12+/m1/s1. The first kappa shape index (κ1) is 17.1. The Morgan fingerprint density at radius 2 is 2.04 bits per heavy atom. The number of hydrogen-bond acceptors (Lipinski definition) is 6. The molecule has 0 bridgehead atoms. The van der Waals surface area contributed by atoms with Crippen molar-refractivity contribution in [1.29, 1.82) is 0 Å². The molecule has 8 nitrogen and oxygen atoms in total. The Balaban J connectivity index is 2.40. The molecule has 0 aromatic carbocycles. The van der Waals surface area contributed by atoms with Gasteiger partial charge in [0, 0.05) is 37.3 Å². The first-order valence-electron chi connectivity index (χ1n) is 6.91. The molecule has 1 fully saturated rings. The fourth-order valence-corrected chi connectivity index (χ4v) is 2.74. The number of halogens is 1. The van der Waals surface area contributed by atoms with Crippen LogP contribution >= 0.6 is 0 Å². The van der Waals surface area contributed by atoms with Crippen LogP contribution < -0.4 is 11.2 Å². The largest absolute Gasteiger partial charge is 0.466 e. The van der Waals surface area contributed by atoms with Crippen LogP contribution in [-0.4, -0.2) is 52.2 Å². The highest BCUT2D eigenvalue weighted by Crippen LogP contribution is 2.45. The number of aliphatic hydroxyl groups is 2. The summed E-state index contributed by atoms with van der Waals surface area (Å²) in [5, 5.41) is 18.4. The third-order valence-electron chi connectivity index (χ3n) is 4.06. The summed E-state index contributed by atoms with van der Waals surface area (Å²) in [7, 11) is 1.17. The maximum absolute atomic E-state index is 14.1. The first-order valence-corrected chi connectivity index (χ1v) is 6.91. The van der Waals surface area contributed by atoms with Crippen molar-refractivity contribution in [2.24, 2.45) is 11.8 Å². The predicted molar refractivity (Wildman–Crippen MR) is 77.5 cm³/mol. The molecule has 4 atom stereocenters. The zero-order chi connectivity index (χ0) is 17.1. The number of H-pyrrole nitrogens is 1. The number of esters is 1. The lowest BCUT2D eigenvalue weighted by atomic mass is 9.68. The maximum Gasteiger partial charge on any atom is 0.330 e. The molecule has 1 aliphatic rings. The molecule has 1 aliphatic carbocycles. The number of carbonyl (C=O) groups is 1. The zero-order valence-corrected chi connectivity index (χ0v) is 12.3. The number of carbonyl (C=O) groups excluding carboxylic acids is 1. The molecular formula is C14H17FN2O6. The van der Waals surface area contributed by atoms with Gasteiger partial charge in [-0.3, -0.25) is 14.3 Å². The Morgan fingerprint density at radius 3 is 2.61 bits per heavy atom. The number of methoxy groups -OCH3 is 1. The van der Waals surface area contributed by atoms with Crippen LogP contribution in [0.4, 0.5) is 4.39 Å². The van der Waals surface area contributed by atoms with E-state index in [0.29, 0.717) is 0 Å². The molecule has 23 heavy (non-hydrogen) atoms. The minimum Gasteiger partial charge on any atom is -0.466 e. The molecule has 2 rings (SSSR count). The van der Waals surface area contributed by atoms with Gasteiger partial charge in [-0.2, -0.15) is 0 Å². The van der Waals surface area contributed by atoms with Gasteiger partial charge in [-0.05, 0) is 6.08 Å². The van der Waals surface area contributed by atoms with Crippen LogP contribution in [0.15, 0.2) is 21.9 Å². The molecule has 0 unspecified atom stereocenters. The molecule has 0 aliphatic heterocycles. The molecule has 1 heterocycles. The van der Waals surface area contributed by atoms with E-state index in [9.17, 15) is 23.9 Å². The van der Waals surface area contributed by atoms with E-state index in [1.165, 1.54) is 7.11 Å². The minimum atomic E-state index is -1.53. The van der Waals surface area contributed by atoms with Crippen molar-refractivity contribution in [2.75, 3.05) is 20.3 Å². The van der Waals surface area contributed by atoms with Gasteiger partial charge in [0.25, 0.3) is 5.56 Å². The third-order valence-corrected chi connectivity index (χ3v) is 4.06. The van der Waals surface area contributed by atoms with E-state index in [1.807, 2.05) is 4.98 Å². The lowest BCUT2D eigenvalue weighted by Crippen LogP contribution is -2.55. The predicted octanol–water partition coefficient (Wildman–Crippen LogP) is -1.17. The molecule has 0 saturated heterocycles. The average Bonchev–Trinajstić information content (AvgIpc) is 2.53. The van der Waals surface area contributed by atoms with E-state index in [0.717, 1.165) is 22.9 Å². The number of rotatable bonds is 5. The van der Waals surface area contributed by atoms with Gasteiger partial charge >= 0.3 is 11.7 Å². The molecular weight excluding hydrogens is 311 g/mol. The summed E-state index contributed by atoms with van der Waals surface area (Å²) in [5.41, 5.74) is -1.60. The number of nitrogens with zero attached hydrogens (tertiary/aromatic N) is 1. The summed E-state index contributed by atoms with van der Waals surface area (Å²) < 4.78 is 19.5. The molecule has 126 valence electrons. The monoisotopic (exact) mass is 328 g/mol. The smallest absolute Gasteiger partial charge is 0.330 e. The quantitative estimate of drug-likeness (QED) is 0.463. The van der Waals surface area contributed by atoms with E-state index in [2.05, 4.69) is 4.74 Å². The van der Waals surface area contributed by atoms with Crippen LogP contribution in [0, 0.1) is 11.8 Å². The van der Waals surface area contributed by atoms with Crippen molar-refractivity contribution in [3.63, 3.8) is 0 Å². The lowest BCUT2D eigenvalue weighted by Gasteiger charge is -2.46. The molecule has 3 N–H and O–H groups in total. The summed E-state index contributed by atoms with van der Waals surface area (Å²) in [4.78, 5) is 36.7. The van der Waals surface area contributed by atoms with E-state index >= 15 is 0 Å². The second-order valence-electron chi connectivity index (χ2n) is 5.24. The fraction of sp³-hybridized carbons (Fsp3) is 0.500. The van der Waals surface area contributed by atoms with Crippen LogP contribution in [0.3, 0.4) is 0 Å². The van der Waals surface area contributed by atoms with Gasteiger partial charge in [0.1, 0.15) is 6.17 Å². The van der Waals surface area contributed by atoms with Crippen molar-refractivity contribution in [2.45, 2.75) is 12.2 Å². The highest BCUT2D eigenvalue weighted by molar-refractivity contribution is 5.86. The Bertz CT molecular complexity index is 725. The summed E-state index contributed by atoms with van der Waals surface area (Å²) >= 11 is 0. The van der Waals surface area contributed by atoms with Crippen molar-refractivity contribution >= 4 is 12.0 Å². The molecule has 1 aromatic heterocycles. The molecule has 9 heteroatoms. The number of ether oxygens (including phenoxy) is 1. The maximum atomic E-state index is 14.1. The Kier molecular flexibility index (Phi) is 5.12. The lowest BCUT2D eigenvalue weighted by molar-refractivity contribution is -0.134. The summed E-state index contributed by atoms with van der Waals surface area (Å²) in [6.07, 6.45) is 1.73. The number of aliphatic hydroxyl groups excluding tert-OH is 2. The molecule has 0 spiro atoms. The van der Waals surface area contributed by atoms with Crippen molar-refractivity contribution in [1.82, 2.24) is 9.55 Å². The highest BCUT2D eigenvalue weighted by Gasteiger charge is 2.51. The first-order chi connectivity index (χ1) is 10.9. The fourth-order valence-electron chi connectivity index (χ4n) is 2.74. The van der Waals surface area contributed by atoms with Crippen molar-refractivity contribution in [3.05, 3.63) is 38.7 Å². The highest BCUT2D eigenvalue weighted by atomic mass is 19.1. The van der Waals surface area contributed by atoms with E-state index in [1.54, 1.807) is 0 Å². The SMILES string of the molecule is COC(=O)/C=C/c1cn([C@@H]2[C@@H](F)[C@H](CO)[C@H]2CO)c(=O)[nH]c1=O.